The first-order valence-electron chi connectivity index (χ1n) is 11.1. The van der Waals surface area contributed by atoms with Crippen molar-refractivity contribution in [2.45, 2.75) is 57.9 Å². The number of guanidine groups is 1. The first-order chi connectivity index (χ1) is 13.1. The van der Waals surface area contributed by atoms with Crippen LogP contribution >= 0.6 is 24.0 Å². The van der Waals surface area contributed by atoms with E-state index in [-0.39, 0.29) is 30.0 Å². The number of halogens is 1. The second kappa shape index (κ2) is 9.49. The van der Waals surface area contributed by atoms with Gasteiger partial charge in [0.25, 0.3) is 0 Å². The lowest BCUT2D eigenvalue weighted by atomic mass is 9.65. The number of hydrogen-bond donors (Lipinski definition) is 1. The van der Waals surface area contributed by atoms with Crippen molar-refractivity contribution in [1.82, 2.24) is 20.0 Å². The monoisotopic (exact) mass is 503 g/mol. The fourth-order valence-corrected chi connectivity index (χ4v) is 5.32. The number of carbonyl (C=O) groups excluding carboxylic acids is 1. The Hall–Kier alpha value is -0.570. The summed E-state index contributed by atoms with van der Waals surface area (Å²) in [5.74, 6) is 2.34. The molecule has 2 aliphatic carbocycles. The number of carbonyl (C=O) groups is 1. The van der Waals surface area contributed by atoms with Crippen LogP contribution in [0.25, 0.3) is 0 Å². The number of amides is 1. The zero-order valence-corrected chi connectivity index (χ0v) is 20.0. The number of nitrogens with one attached hydrogen (secondary N) is 1. The molecule has 2 aliphatic heterocycles. The molecule has 0 radical (unpaired) electrons. The highest BCUT2D eigenvalue weighted by molar-refractivity contribution is 14.0. The van der Waals surface area contributed by atoms with Crippen LogP contribution in [0.5, 0.6) is 0 Å². The topological polar surface area (TPSA) is 51.2 Å². The van der Waals surface area contributed by atoms with Gasteiger partial charge in [-0.05, 0) is 56.8 Å². The molecule has 0 aromatic rings. The summed E-state index contributed by atoms with van der Waals surface area (Å²) in [6.07, 6.45) is 9.38. The number of hydrogen-bond acceptors (Lipinski definition) is 3. The van der Waals surface area contributed by atoms with Crippen molar-refractivity contribution >= 4 is 35.8 Å². The Morgan fingerprint density at radius 1 is 1.04 bits per heavy atom. The largest absolute Gasteiger partial charge is 0.356 e. The second-order valence-electron chi connectivity index (χ2n) is 9.12. The van der Waals surface area contributed by atoms with E-state index < -0.39 is 0 Å². The molecule has 4 aliphatic rings. The molecule has 2 saturated heterocycles. The number of likely N-dealkylation sites (tertiary alicyclic amines) is 1. The molecular weight excluding hydrogens is 465 g/mol. The summed E-state index contributed by atoms with van der Waals surface area (Å²) in [4.78, 5) is 24.0. The minimum Gasteiger partial charge on any atom is -0.356 e. The Balaban J connectivity index is 0.00000225. The Labute approximate surface area is 187 Å². The fourth-order valence-electron chi connectivity index (χ4n) is 5.32. The van der Waals surface area contributed by atoms with Crippen LogP contribution in [0.1, 0.15) is 51.9 Å². The van der Waals surface area contributed by atoms with Gasteiger partial charge in [0.1, 0.15) is 0 Å². The maximum atomic E-state index is 12.7. The van der Waals surface area contributed by atoms with Crippen LogP contribution in [0.15, 0.2) is 4.99 Å². The molecule has 1 amide bonds. The van der Waals surface area contributed by atoms with Crippen molar-refractivity contribution in [2.24, 2.45) is 16.3 Å². The van der Waals surface area contributed by atoms with E-state index in [4.69, 9.17) is 0 Å². The molecular formula is C21H38IN5O. The van der Waals surface area contributed by atoms with Gasteiger partial charge in [0, 0.05) is 52.9 Å². The van der Waals surface area contributed by atoms with Crippen LogP contribution in [0.3, 0.4) is 0 Å². The highest BCUT2D eigenvalue weighted by Crippen LogP contribution is 2.56. The van der Waals surface area contributed by atoms with Gasteiger partial charge < -0.3 is 15.1 Å². The van der Waals surface area contributed by atoms with E-state index in [2.05, 4.69) is 27.0 Å². The second-order valence-corrected chi connectivity index (χ2v) is 9.12. The molecule has 4 fully saturated rings. The average Bonchev–Trinajstić information content (AvgIpc) is 3.36. The van der Waals surface area contributed by atoms with Crippen LogP contribution in [0, 0.1) is 11.3 Å². The van der Waals surface area contributed by atoms with Crippen molar-refractivity contribution in [2.75, 3.05) is 52.9 Å². The lowest BCUT2D eigenvalue weighted by Gasteiger charge is -2.44. The van der Waals surface area contributed by atoms with Crippen LogP contribution in [-0.4, -0.2) is 85.5 Å². The highest BCUT2D eigenvalue weighted by Gasteiger charge is 2.49. The minimum atomic E-state index is 0. The summed E-state index contributed by atoms with van der Waals surface area (Å²) in [6, 6.07) is 0.00772. The molecule has 4 rings (SSSR count). The average molecular weight is 503 g/mol. The van der Waals surface area contributed by atoms with Gasteiger partial charge >= 0.3 is 0 Å². The normalized spacial score (nSPS) is 26.4. The standard InChI is InChI=1S/C21H37N5O.HI/c1-17(19(27)25-10-3-4-11-25)24-12-14-26(15-13-24)20(22-2)23-16-21(8-5-9-21)18-6-7-18;/h17-18H,3-16H2,1-2H3,(H,22,23);1H. The van der Waals surface area contributed by atoms with Crippen molar-refractivity contribution in [3.8, 4) is 0 Å². The fraction of sp³-hybridized carbons (Fsp3) is 0.905. The molecule has 7 heteroatoms. The predicted molar refractivity (Wildman–Crippen MR) is 124 cm³/mol. The molecule has 0 aromatic carbocycles. The van der Waals surface area contributed by atoms with E-state index in [0.717, 1.165) is 70.5 Å². The van der Waals surface area contributed by atoms with E-state index in [1.54, 1.807) is 0 Å². The zero-order valence-electron chi connectivity index (χ0n) is 17.7. The molecule has 0 aromatic heterocycles. The first-order valence-corrected chi connectivity index (χ1v) is 11.1. The van der Waals surface area contributed by atoms with Crippen molar-refractivity contribution in [3.05, 3.63) is 0 Å². The maximum Gasteiger partial charge on any atom is 0.239 e. The third-order valence-electron chi connectivity index (χ3n) is 7.54. The summed E-state index contributed by atoms with van der Waals surface area (Å²) in [7, 11) is 1.90. The number of aliphatic imine (C=N–C) groups is 1. The lowest BCUT2D eigenvalue weighted by molar-refractivity contribution is -0.135. The molecule has 28 heavy (non-hydrogen) atoms. The molecule has 160 valence electrons. The third-order valence-corrected chi connectivity index (χ3v) is 7.54. The minimum absolute atomic E-state index is 0. The van der Waals surface area contributed by atoms with Crippen LogP contribution in [0.4, 0.5) is 0 Å². The highest BCUT2D eigenvalue weighted by atomic mass is 127. The summed E-state index contributed by atoms with van der Waals surface area (Å²) in [5.41, 5.74) is 0.564. The van der Waals surface area contributed by atoms with E-state index in [1.807, 2.05) is 11.9 Å². The lowest BCUT2D eigenvalue weighted by Crippen LogP contribution is -2.58. The summed E-state index contributed by atoms with van der Waals surface area (Å²) >= 11 is 0. The number of nitrogens with zero attached hydrogens (tertiary/aromatic N) is 4. The zero-order chi connectivity index (χ0) is 18.9. The maximum absolute atomic E-state index is 12.7. The molecule has 2 saturated carbocycles. The third kappa shape index (κ3) is 4.60. The van der Waals surface area contributed by atoms with Gasteiger partial charge in [0.2, 0.25) is 5.91 Å². The van der Waals surface area contributed by atoms with Crippen LogP contribution in [-0.2, 0) is 4.79 Å². The van der Waals surface area contributed by atoms with Gasteiger partial charge in [-0.1, -0.05) is 6.42 Å². The smallest absolute Gasteiger partial charge is 0.239 e. The molecule has 2 heterocycles. The van der Waals surface area contributed by atoms with Crippen LogP contribution in [0.2, 0.25) is 0 Å². The molecule has 1 atom stereocenters. The van der Waals surface area contributed by atoms with E-state index in [1.165, 1.54) is 32.1 Å². The number of piperazine rings is 1. The number of rotatable bonds is 5. The van der Waals surface area contributed by atoms with Gasteiger partial charge in [0.05, 0.1) is 6.04 Å². The Morgan fingerprint density at radius 2 is 1.68 bits per heavy atom. The predicted octanol–water partition coefficient (Wildman–Crippen LogP) is 2.39. The Morgan fingerprint density at radius 3 is 2.18 bits per heavy atom. The van der Waals surface area contributed by atoms with Gasteiger partial charge in [-0.15, -0.1) is 24.0 Å². The quantitative estimate of drug-likeness (QED) is 0.356. The van der Waals surface area contributed by atoms with Crippen molar-refractivity contribution in [1.29, 1.82) is 0 Å². The first kappa shape index (κ1) is 22.1. The van der Waals surface area contributed by atoms with E-state index in [0.29, 0.717) is 11.3 Å². The van der Waals surface area contributed by atoms with Gasteiger partial charge in [-0.2, -0.15) is 0 Å². The molecule has 1 N–H and O–H groups in total. The summed E-state index contributed by atoms with van der Waals surface area (Å²) in [6.45, 7) is 8.85. The SMILES string of the molecule is CN=C(NCC1(C2CC2)CCC1)N1CCN(C(C)C(=O)N2CCCC2)CC1.I. The van der Waals surface area contributed by atoms with E-state index in [9.17, 15) is 4.79 Å². The van der Waals surface area contributed by atoms with Gasteiger partial charge in [-0.25, -0.2) is 0 Å². The van der Waals surface area contributed by atoms with Crippen molar-refractivity contribution < 1.29 is 4.79 Å². The molecule has 0 bridgehead atoms. The van der Waals surface area contributed by atoms with Crippen LogP contribution < -0.4 is 5.32 Å². The van der Waals surface area contributed by atoms with Gasteiger partial charge in [-0.3, -0.25) is 14.7 Å². The Bertz CT molecular complexity index is 561. The molecule has 0 spiro atoms. The molecule has 1 unspecified atom stereocenters. The Kier molecular flexibility index (Phi) is 7.50. The summed E-state index contributed by atoms with van der Waals surface area (Å²) in [5, 5.41) is 3.70. The summed E-state index contributed by atoms with van der Waals surface area (Å²) < 4.78 is 0. The van der Waals surface area contributed by atoms with E-state index >= 15 is 0 Å². The van der Waals surface area contributed by atoms with Gasteiger partial charge in [0.15, 0.2) is 5.96 Å². The molecule has 6 nitrogen and oxygen atoms in total. The van der Waals surface area contributed by atoms with Crippen molar-refractivity contribution in [3.63, 3.8) is 0 Å².